The lowest BCUT2D eigenvalue weighted by atomic mass is 10.1. The number of para-hydroxylation sites is 2. The predicted octanol–water partition coefficient (Wildman–Crippen LogP) is 4.94. The van der Waals surface area contributed by atoms with E-state index in [9.17, 15) is 0 Å². The molecule has 0 fully saturated rings. The molecule has 1 aromatic rings. The zero-order valence-electron chi connectivity index (χ0n) is 28.1. The molecule has 11 nitrogen and oxygen atoms in total. The van der Waals surface area contributed by atoms with Gasteiger partial charge in [-0.1, -0.05) is 64.0 Å². The molecule has 45 heavy (non-hydrogen) atoms. The molecule has 0 heterocycles. The van der Waals surface area contributed by atoms with Crippen molar-refractivity contribution in [1.29, 1.82) is 0 Å². The number of nitrogen functional groups attached to an aromatic ring is 1. The highest BCUT2D eigenvalue weighted by Gasteiger charge is 1.99. The van der Waals surface area contributed by atoms with Crippen molar-refractivity contribution in [1.82, 2.24) is 0 Å². The van der Waals surface area contributed by atoms with Crippen LogP contribution in [0.1, 0.15) is 58.3 Å². The van der Waals surface area contributed by atoms with Crippen molar-refractivity contribution in [3.8, 4) is 5.75 Å². The van der Waals surface area contributed by atoms with E-state index < -0.39 is 0 Å². The smallest absolute Gasteiger partial charge is 0.142 e. The van der Waals surface area contributed by atoms with Gasteiger partial charge in [-0.3, -0.25) is 0 Å². The Morgan fingerprint density at radius 1 is 0.378 bits per heavy atom. The number of unbranched alkanes of at least 4 members (excludes halogenated alkanes) is 7. The monoisotopic (exact) mass is 645 g/mol. The minimum atomic E-state index is 0.443. The molecule has 0 aromatic heterocycles. The molecule has 0 unspecified atom stereocenters. The Bertz CT molecular complexity index is 715. The van der Waals surface area contributed by atoms with Gasteiger partial charge in [-0.25, -0.2) is 0 Å². The van der Waals surface area contributed by atoms with Gasteiger partial charge in [0.25, 0.3) is 0 Å². The highest BCUT2D eigenvalue weighted by atomic mass is 16.6. The average molecular weight is 646 g/mol. The molecular formula is C34H63NO10. The summed E-state index contributed by atoms with van der Waals surface area (Å²) >= 11 is 0. The van der Waals surface area contributed by atoms with E-state index >= 15 is 0 Å². The number of anilines is 1. The summed E-state index contributed by atoms with van der Waals surface area (Å²) in [6, 6.07) is 7.40. The largest absolute Gasteiger partial charge is 0.489 e. The second-order valence-corrected chi connectivity index (χ2v) is 10.4. The second kappa shape index (κ2) is 35.3. The van der Waals surface area contributed by atoms with Crippen molar-refractivity contribution in [2.45, 2.75) is 58.3 Å². The SMILES string of the molecule is CCCCCCCCCCOCCOCCOCCOCCOCCOCCOCCOCCOCCOc1ccccc1N. The van der Waals surface area contributed by atoms with Gasteiger partial charge < -0.3 is 53.1 Å². The van der Waals surface area contributed by atoms with Crippen molar-refractivity contribution in [2.24, 2.45) is 0 Å². The van der Waals surface area contributed by atoms with Crippen LogP contribution in [0.5, 0.6) is 5.75 Å². The quantitative estimate of drug-likeness (QED) is 0.0783. The van der Waals surface area contributed by atoms with Crippen molar-refractivity contribution in [3.05, 3.63) is 24.3 Å². The zero-order chi connectivity index (χ0) is 32.1. The molecule has 0 radical (unpaired) electrons. The molecule has 2 N–H and O–H groups in total. The fraction of sp³-hybridized carbons (Fsp3) is 0.824. The molecule has 0 spiro atoms. The van der Waals surface area contributed by atoms with Gasteiger partial charge in [0, 0.05) is 6.61 Å². The molecule has 0 amide bonds. The maximum Gasteiger partial charge on any atom is 0.142 e. The van der Waals surface area contributed by atoms with Gasteiger partial charge in [-0.2, -0.15) is 0 Å². The number of benzene rings is 1. The Morgan fingerprint density at radius 2 is 0.689 bits per heavy atom. The summed E-state index contributed by atoms with van der Waals surface area (Å²) in [6.07, 6.45) is 10.5. The lowest BCUT2D eigenvalue weighted by Crippen LogP contribution is -2.15. The fourth-order valence-electron chi connectivity index (χ4n) is 4.02. The highest BCUT2D eigenvalue weighted by Crippen LogP contribution is 2.19. The summed E-state index contributed by atoms with van der Waals surface area (Å²) in [5.74, 6) is 0.673. The molecular weight excluding hydrogens is 582 g/mol. The zero-order valence-corrected chi connectivity index (χ0v) is 28.1. The summed E-state index contributed by atoms with van der Waals surface area (Å²) in [6.45, 7) is 12.6. The lowest BCUT2D eigenvalue weighted by molar-refractivity contribution is -0.0254. The van der Waals surface area contributed by atoms with E-state index in [0.717, 1.165) is 13.0 Å². The normalized spacial score (nSPS) is 11.4. The highest BCUT2D eigenvalue weighted by molar-refractivity contribution is 5.51. The van der Waals surface area contributed by atoms with Crippen LogP contribution in [-0.2, 0) is 42.6 Å². The van der Waals surface area contributed by atoms with Gasteiger partial charge in [-0.05, 0) is 18.6 Å². The maximum atomic E-state index is 5.82. The molecule has 0 saturated heterocycles. The van der Waals surface area contributed by atoms with Crippen LogP contribution in [0, 0.1) is 0 Å². The van der Waals surface area contributed by atoms with Gasteiger partial charge in [0.15, 0.2) is 0 Å². The van der Waals surface area contributed by atoms with Crippen molar-refractivity contribution in [2.75, 3.05) is 131 Å². The summed E-state index contributed by atoms with van der Waals surface area (Å²) in [5, 5.41) is 0. The first-order chi connectivity index (χ1) is 22.3. The van der Waals surface area contributed by atoms with Crippen LogP contribution in [0.2, 0.25) is 0 Å². The van der Waals surface area contributed by atoms with Crippen LogP contribution in [0.25, 0.3) is 0 Å². The molecule has 11 heteroatoms. The van der Waals surface area contributed by atoms with Crippen LogP contribution >= 0.6 is 0 Å². The fourth-order valence-corrected chi connectivity index (χ4v) is 4.02. The van der Waals surface area contributed by atoms with Crippen LogP contribution in [0.4, 0.5) is 5.69 Å². The molecule has 0 aliphatic heterocycles. The van der Waals surface area contributed by atoms with Crippen LogP contribution in [0.15, 0.2) is 24.3 Å². The van der Waals surface area contributed by atoms with E-state index in [2.05, 4.69) is 6.92 Å². The van der Waals surface area contributed by atoms with Gasteiger partial charge in [0.1, 0.15) is 12.4 Å². The number of hydrogen-bond donors (Lipinski definition) is 1. The van der Waals surface area contributed by atoms with E-state index in [1.165, 1.54) is 44.9 Å². The molecule has 1 rings (SSSR count). The van der Waals surface area contributed by atoms with E-state index in [-0.39, 0.29) is 0 Å². The first-order valence-corrected chi connectivity index (χ1v) is 17.0. The van der Waals surface area contributed by atoms with Crippen molar-refractivity contribution < 1.29 is 47.4 Å². The predicted molar refractivity (Wildman–Crippen MR) is 176 cm³/mol. The average Bonchev–Trinajstić information content (AvgIpc) is 3.05. The molecule has 0 aliphatic carbocycles. The van der Waals surface area contributed by atoms with Crippen molar-refractivity contribution >= 4 is 5.69 Å². The minimum absolute atomic E-state index is 0.443. The molecule has 1 aromatic carbocycles. The van der Waals surface area contributed by atoms with Gasteiger partial charge in [0.2, 0.25) is 0 Å². The second-order valence-electron chi connectivity index (χ2n) is 10.4. The van der Waals surface area contributed by atoms with E-state index in [4.69, 9.17) is 53.1 Å². The summed E-state index contributed by atoms with van der Waals surface area (Å²) < 4.78 is 55.2. The Balaban J connectivity index is 1.62. The van der Waals surface area contributed by atoms with Crippen molar-refractivity contribution in [3.63, 3.8) is 0 Å². The molecule has 0 saturated carbocycles. The minimum Gasteiger partial charge on any atom is -0.489 e. The third kappa shape index (κ3) is 30.9. The Labute approximate surface area is 272 Å². The van der Waals surface area contributed by atoms with Gasteiger partial charge >= 0.3 is 0 Å². The maximum absolute atomic E-state index is 5.82. The Morgan fingerprint density at radius 3 is 1.07 bits per heavy atom. The van der Waals surface area contributed by atoms with Crippen LogP contribution < -0.4 is 10.5 Å². The van der Waals surface area contributed by atoms with Gasteiger partial charge in [0.05, 0.1) is 118 Å². The van der Waals surface area contributed by atoms with E-state index in [1.807, 2.05) is 18.2 Å². The number of rotatable bonds is 37. The van der Waals surface area contributed by atoms with Crippen LogP contribution in [-0.4, -0.2) is 126 Å². The summed E-state index contributed by atoms with van der Waals surface area (Å²) in [7, 11) is 0. The number of hydrogen-bond acceptors (Lipinski definition) is 11. The summed E-state index contributed by atoms with van der Waals surface area (Å²) in [5.41, 5.74) is 6.44. The number of ether oxygens (including phenoxy) is 10. The van der Waals surface area contributed by atoms with E-state index in [0.29, 0.717) is 130 Å². The standard InChI is InChI=1S/C34H63NO10/c1-2-3-4-5-6-7-8-11-14-36-15-16-37-17-18-38-19-20-39-21-22-40-23-24-41-25-26-42-27-28-43-29-30-44-31-32-45-34-13-10-9-12-33(34)35/h9-10,12-13H,2-8,11,14-32,35H2,1H3. The molecule has 0 aliphatic rings. The molecule has 0 atom stereocenters. The van der Waals surface area contributed by atoms with Crippen LogP contribution in [0.3, 0.4) is 0 Å². The molecule has 264 valence electrons. The third-order valence-corrected chi connectivity index (χ3v) is 6.52. The van der Waals surface area contributed by atoms with Gasteiger partial charge in [-0.15, -0.1) is 0 Å². The topological polar surface area (TPSA) is 118 Å². The van der Waals surface area contributed by atoms with E-state index in [1.54, 1.807) is 6.07 Å². The first-order valence-electron chi connectivity index (χ1n) is 17.0. The first kappa shape index (κ1) is 41.5. The Hall–Kier alpha value is -1.54. The molecule has 0 bridgehead atoms. The third-order valence-electron chi connectivity index (χ3n) is 6.52. The lowest BCUT2D eigenvalue weighted by Gasteiger charge is -2.09. The number of nitrogens with two attached hydrogens (primary N) is 1. The Kier molecular flexibility index (Phi) is 32.6. The summed E-state index contributed by atoms with van der Waals surface area (Å²) in [4.78, 5) is 0.